The van der Waals surface area contributed by atoms with Crippen LogP contribution in [0.3, 0.4) is 0 Å². The van der Waals surface area contributed by atoms with E-state index in [0.29, 0.717) is 6.07 Å². The first kappa shape index (κ1) is 20.7. The van der Waals surface area contributed by atoms with Gasteiger partial charge in [-0.25, -0.2) is 12.8 Å². The Morgan fingerprint density at radius 1 is 0.742 bits per heavy atom. The molecule has 0 unspecified atom stereocenters. The predicted molar refractivity (Wildman–Crippen MR) is 102 cm³/mol. The molecule has 0 aromatic heterocycles. The molecule has 3 aromatic carbocycles. The number of halogens is 4. The number of benzene rings is 3. The van der Waals surface area contributed by atoms with Gasteiger partial charge in [0.05, 0.1) is 16.1 Å². The van der Waals surface area contributed by atoms with E-state index in [0.717, 1.165) is 30.3 Å². The second-order valence-electron chi connectivity index (χ2n) is 6.68. The van der Waals surface area contributed by atoms with Gasteiger partial charge in [0, 0.05) is 22.3 Å². The molecule has 1 N–H and O–H groups in total. The van der Waals surface area contributed by atoms with Gasteiger partial charge in [0.2, 0.25) is 0 Å². The summed E-state index contributed by atoms with van der Waals surface area (Å²) in [5.41, 5.74) is -2.42. The summed E-state index contributed by atoms with van der Waals surface area (Å²) in [5, 5.41) is 0. The summed E-state index contributed by atoms with van der Waals surface area (Å²) in [5.74, 6) is -2.82. The minimum atomic E-state index is -5.02. The molecule has 31 heavy (non-hydrogen) atoms. The molecule has 0 fully saturated rings. The van der Waals surface area contributed by atoms with Crippen LogP contribution in [-0.4, -0.2) is 20.0 Å². The molecule has 1 aliphatic rings. The number of ketones is 2. The summed E-state index contributed by atoms with van der Waals surface area (Å²) >= 11 is 0. The monoisotopic (exact) mass is 449 g/mol. The lowest BCUT2D eigenvalue weighted by Gasteiger charge is -2.18. The molecule has 1 aliphatic carbocycles. The molecule has 158 valence electrons. The maximum atomic E-state index is 14.2. The van der Waals surface area contributed by atoms with Crippen LogP contribution >= 0.6 is 0 Å². The third kappa shape index (κ3) is 3.48. The number of anilines is 1. The van der Waals surface area contributed by atoms with Crippen LogP contribution in [0.2, 0.25) is 0 Å². The number of fused-ring (bicyclic) bond motifs is 2. The van der Waals surface area contributed by atoms with E-state index in [1.54, 1.807) is 16.9 Å². The van der Waals surface area contributed by atoms with E-state index in [1.807, 2.05) is 0 Å². The van der Waals surface area contributed by atoms with E-state index in [2.05, 4.69) is 0 Å². The van der Waals surface area contributed by atoms with Crippen molar-refractivity contribution in [2.75, 3.05) is 4.72 Å². The smallest absolute Gasteiger partial charge is 0.289 e. The number of sulfonamides is 1. The summed E-state index contributed by atoms with van der Waals surface area (Å²) in [4.78, 5) is 24.8. The standard InChI is InChI=1S/C21H11F4NO4S/c22-18-16(21(23,24)25)6-3-7-17(18)26-31(29,30)11-8-9-14-15(10-11)20(28)13-5-2-1-4-12(13)19(14)27/h1-10,26H. The summed E-state index contributed by atoms with van der Waals surface area (Å²) in [7, 11) is -4.57. The summed E-state index contributed by atoms with van der Waals surface area (Å²) in [6.45, 7) is 0. The third-order valence-electron chi connectivity index (χ3n) is 4.76. The maximum Gasteiger partial charge on any atom is 0.419 e. The van der Waals surface area contributed by atoms with Crippen molar-refractivity contribution in [1.82, 2.24) is 0 Å². The average molecular weight is 449 g/mol. The van der Waals surface area contributed by atoms with Crippen LogP contribution in [0.4, 0.5) is 23.2 Å². The largest absolute Gasteiger partial charge is 0.419 e. The van der Waals surface area contributed by atoms with Crippen LogP contribution < -0.4 is 4.72 Å². The molecule has 4 rings (SSSR count). The van der Waals surface area contributed by atoms with Gasteiger partial charge in [0.1, 0.15) is 0 Å². The van der Waals surface area contributed by atoms with Crippen molar-refractivity contribution in [2.45, 2.75) is 11.1 Å². The molecule has 5 nitrogen and oxygen atoms in total. The van der Waals surface area contributed by atoms with Crippen molar-refractivity contribution in [2.24, 2.45) is 0 Å². The number of hydrogen-bond acceptors (Lipinski definition) is 4. The number of carbonyl (C=O) groups excluding carboxylic acids is 2. The number of hydrogen-bond donors (Lipinski definition) is 1. The molecule has 0 atom stereocenters. The van der Waals surface area contributed by atoms with Gasteiger partial charge in [0.15, 0.2) is 17.4 Å². The Morgan fingerprint density at radius 2 is 1.32 bits per heavy atom. The van der Waals surface area contributed by atoms with Crippen LogP contribution in [0, 0.1) is 5.82 Å². The minimum Gasteiger partial charge on any atom is -0.289 e. The van der Waals surface area contributed by atoms with Crippen molar-refractivity contribution in [3.63, 3.8) is 0 Å². The molecule has 10 heteroatoms. The van der Waals surface area contributed by atoms with Gasteiger partial charge < -0.3 is 0 Å². The van der Waals surface area contributed by atoms with Gasteiger partial charge in [0.25, 0.3) is 10.0 Å². The topological polar surface area (TPSA) is 80.3 Å². The van der Waals surface area contributed by atoms with Crippen LogP contribution in [-0.2, 0) is 16.2 Å². The highest BCUT2D eigenvalue weighted by Crippen LogP contribution is 2.35. The highest BCUT2D eigenvalue weighted by molar-refractivity contribution is 7.92. The fourth-order valence-corrected chi connectivity index (χ4v) is 4.36. The van der Waals surface area contributed by atoms with E-state index in [1.165, 1.54) is 12.1 Å². The summed E-state index contributed by atoms with van der Waals surface area (Å²) < 4.78 is 80.0. The third-order valence-corrected chi connectivity index (χ3v) is 6.12. The minimum absolute atomic E-state index is 0.00657. The van der Waals surface area contributed by atoms with Gasteiger partial charge >= 0.3 is 6.18 Å². The Balaban J connectivity index is 1.75. The number of alkyl halides is 3. The molecule has 0 radical (unpaired) electrons. The van der Waals surface area contributed by atoms with E-state index in [-0.39, 0.29) is 22.3 Å². The molecule has 0 bridgehead atoms. The lowest BCUT2D eigenvalue weighted by atomic mass is 9.84. The first-order chi connectivity index (χ1) is 14.5. The molecule has 0 saturated heterocycles. The Bertz CT molecular complexity index is 1360. The van der Waals surface area contributed by atoms with Crippen molar-refractivity contribution in [3.05, 3.63) is 94.3 Å². The molecule has 0 heterocycles. The fourth-order valence-electron chi connectivity index (χ4n) is 3.28. The second kappa shape index (κ2) is 7.02. The molecule has 0 aliphatic heterocycles. The zero-order valence-corrected chi connectivity index (χ0v) is 16.1. The van der Waals surface area contributed by atoms with E-state index in [4.69, 9.17) is 0 Å². The lowest BCUT2D eigenvalue weighted by molar-refractivity contribution is -0.139. The van der Waals surface area contributed by atoms with Crippen LogP contribution in [0.25, 0.3) is 0 Å². The van der Waals surface area contributed by atoms with Crippen molar-refractivity contribution < 1.29 is 35.6 Å². The first-order valence-corrected chi connectivity index (χ1v) is 10.2. The van der Waals surface area contributed by atoms with E-state index >= 15 is 0 Å². The molecular formula is C21H11F4NO4S. The van der Waals surface area contributed by atoms with Crippen LogP contribution in [0.5, 0.6) is 0 Å². The second-order valence-corrected chi connectivity index (χ2v) is 8.36. The summed E-state index contributed by atoms with van der Waals surface area (Å²) in [6, 6.07) is 11.3. The molecule has 3 aromatic rings. The lowest BCUT2D eigenvalue weighted by Crippen LogP contribution is -2.22. The summed E-state index contributed by atoms with van der Waals surface area (Å²) in [6.07, 6.45) is -5.02. The normalized spacial score (nSPS) is 13.5. The molecule has 0 saturated carbocycles. The molecule has 0 amide bonds. The Morgan fingerprint density at radius 3 is 1.94 bits per heavy atom. The zero-order chi connectivity index (χ0) is 22.6. The number of nitrogens with one attached hydrogen (secondary N) is 1. The Kier molecular flexibility index (Phi) is 4.69. The highest BCUT2D eigenvalue weighted by Gasteiger charge is 2.36. The Labute approximate surface area is 173 Å². The average Bonchev–Trinajstić information content (AvgIpc) is 2.72. The number of carbonyl (C=O) groups is 2. The van der Waals surface area contributed by atoms with E-state index < -0.39 is 49.7 Å². The maximum absolute atomic E-state index is 14.2. The van der Waals surface area contributed by atoms with Crippen molar-refractivity contribution in [1.29, 1.82) is 0 Å². The van der Waals surface area contributed by atoms with Crippen LogP contribution in [0.15, 0.2) is 65.6 Å². The van der Waals surface area contributed by atoms with Gasteiger partial charge in [-0.2, -0.15) is 13.2 Å². The Hall–Kier alpha value is -3.53. The highest BCUT2D eigenvalue weighted by atomic mass is 32.2. The van der Waals surface area contributed by atoms with E-state index in [9.17, 15) is 35.6 Å². The quantitative estimate of drug-likeness (QED) is 0.470. The van der Waals surface area contributed by atoms with Gasteiger partial charge in [-0.1, -0.05) is 30.3 Å². The van der Waals surface area contributed by atoms with Crippen molar-refractivity contribution in [3.8, 4) is 0 Å². The fraction of sp³-hybridized carbons (Fsp3) is 0.0476. The first-order valence-electron chi connectivity index (χ1n) is 8.72. The predicted octanol–water partition coefficient (Wildman–Crippen LogP) is 4.42. The molecular weight excluding hydrogens is 438 g/mol. The van der Waals surface area contributed by atoms with Gasteiger partial charge in [-0.15, -0.1) is 0 Å². The van der Waals surface area contributed by atoms with Crippen LogP contribution in [0.1, 0.15) is 37.4 Å². The van der Waals surface area contributed by atoms with Gasteiger partial charge in [-0.3, -0.25) is 14.3 Å². The van der Waals surface area contributed by atoms with Gasteiger partial charge in [-0.05, 0) is 30.3 Å². The SMILES string of the molecule is O=C1c2ccccc2C(=O)c2cc(S(=O)(=O)Nc3cccc(C(F)(F)F)c3F)ccc21. The zero-order valence-electron chi connectivity index (χ0n) is 15.3. The number of rotatable bonds is 3. The molecule has 0 spiro atoms. The van der Waals surface area contributed by atoms with Crippen molar-refractivity contribution >= 4 is 27.3 Å².